The van der Waals surface area contributed by atoms with Crippen LogP contribution < -0.4 is 20.5 Å². The molecule has 0 aromatic heterocycles. The van der Waals surface area contributed by atoms with Gasteiger partial charge in [0, 0.05) is 5.69 Å². The molecule has 4 aromatic rings. The zero-order chi connectivity index (χ0) is 17.7. The van der Waals surface area contributed by atoms with Crippen molar-refractivity contribution in [1.82, 2.24) is 0 Å². The van der Waals surface area contributed by atoms with Crippen molar-refractivity contribution in [3.63, 3.8) is 0 Å². The normalized spacial score (nSPS) is 11.1. The number of nitrogens with one attached hydrogen (secondary N) is 1. The van der Waals surface area contributed by atoms with Crippen LogP contribution in [0.1, 0.15) is 0 Å². The lowest BCUT2D eigenvalue weighted by molar-refractivity contribution is 1.60. The Balaban J connectivity index is 2.00. The molecule has 0 heterocycles. The van der Waals surface area contributed by atoms with Gasteiger partial charge in [-0.3, -0.25) is 0 Å². The molecular weight excluding hydrogens is 330 g/mol. The summed E-state index contributed by atoms with van der Waals surface area (Å²) in [4.78, 5) is 3.98. The van der Waals surface area contributed by atoms with Crippen LogP contribution in [0.2, 0.25) is 0 Å². The van der Waals surface area contributed by atoms with Crippen LogP contribution in [0.5, 0.6) is 0 Å². The summed E-state index contributed by atoms with van der Waals surface area (Å²) in [6.07, 6.45) is 0. The molecule has 0 bridgehead atoms. The summed E-state index contributed by atoms with van der Waals surface area (Å²) in [5, 5.41) is 4.05. The van der Waals surface area contributed by atoms with Gasteiger partial charge < -0.3 is 4.98 Å². The van der Waals surface area contributed by atoms with Gasteiger partial charge in [-0.25, -0.2) is 0 Å². The molecule has 0 aliphatic rings. The standard InChI is InChI=1S/C24H21NSi/c1-5-13-21(14-6-1)25-26(22-15-7-2-8-16-22,23-17-9-3-10-18-23)24-19-11-4-12-20-24/h1-20,25H. The van der Waals surface area contributed by atoms with Crippen molar-refractivity contribution in [2.75, 3.05) is 4.98 Å². The van der Waals surface area contributed by atoms with Crippen molar-refractivity contribution in [2.24, 2.45) is 0 Å². The topological polar surface area (TPSA) is 12.0 Å². The van der Waals surface area contributed by atoms with Gasteiger partial charge in [0.1, 0.15) is 0 Å². The first-order valence-electron chi connectivity index (χ1n) is 8.89. The number of benzene rings is 4. The Kier molecular flexibility index (Phi) is 4.67. The van der Waals surface area contributed by atoms with Crippen LogP contribution in [0.15, 0.2) is 121 Å². The fraction of sp³-hybridized carbons (Fsp3) is 0. The van der Waals surface area contributed by atoms with Crippen LogP contribution in [-0.4, -0.2) is 8.24 Å². The highest BCUT2D eigenvalue weighted by Crippen LogP contribution is 2.14. The number of hydrogen-bond donors (Lipinski definition) is 1. The van der Waals surface area contributed by atoms with E-state index >= 15 is 0 Å². The molecule has 0 radical (unpaired) electrons. The second kappa shape index (κ2) is 7.42. The van der Waals surface area contributed by atoms with Crippen LogP contribution >= 0.6 is 0 Å². The first kappa shape index (κ1) is 16.4. The molecular formula is C24H21NSi. The predicted molar refractivity (Wildman–Crippen MR) is 114 cm³/mol. The zero-order valence-corrected chi connectivity index (χ0v) is 15.5. The van der Waals surface area contributed by atoms with Crippen LogP contribution in [0, 0.1) is 0 Å². The predicted octanol–water partition coefficient (Wildman–Crippen LogP) is 3.77. The SMILES string of the molecule is c1ccc(N[Si](c2ccccc2)(c2ccccc2)c2ccccc2)cc1. The van der Waals surface area contributed by atoms with E-state index in [0.717, 1.165) is 5.69 Å². The average Bonchev–Trinajstić information content (AvgIpc) is 2.75. The first-order valence-corrected chi connectivity index (χ1v) is 10.9. The molecule has 1 nitrogen and oxygen atoms in total. The summed E-state index contributed by atoms with van der Waals surface area (Å²) in [6.45, 7) is 0. The molecule has 126 valence electrons. The maximum absolute atomic E-state index is 3.98. The Labute approximate surface area is 156 Å². The highest BCUT2D eigenvalue weighted by atomic mass is 28.3. The van der Waals surface area contributed by atoms with Crippen molar-refractivity contribution in [3.05, 3.63) is 121 Å². The van der Waals surface area contributed by atoms with E-state index in [9.17, 15) is 0 Å². The van der Waals surface area contributed by atoms with Crippen molar-refractivity contribution >= 4 is 29.5 Å². The zero-order valence-electron chi connectivity index (χ0n) is 14.5. The monoisotopic (exact) mass is 351 g/mol. The molecule has 0 fully saturated rings. The van der Waals surface area contributed by atoms with Gasteiger partial charge in [0.05, 0.1) is 0 Å². The first-order chi connectivity index (χ1) is 12.9. The van der Waals surface area contributed by atoms with Gasteiger partial charge in [0.2, 0.25) is 0 Å². The van der Waals surface area contributed by atoms with Crippen LogP contribution in [0.3, 0.4) is 0 Å². The quantitative estimate of drug-likeness (QED) is 0.426. The molecule has 0 unspecified atom stereocenters. The second-order valence-electron chi connectivity index (χ2n) is 6.34. The number of anilines is 1. The summed E-state index contributed by atoms with van der Waals surface area (Å²) in [5.41, 5.74) is 1.15. The maximum Gasteiger partial charge on any atom is 0.250 e. The summed E-state index contributed by atoms with van der Waals surface area (Å²) in [5.74, 6) is 0. The highest BCUT2D eigenvalue weighted by Gasteiger charge is 2.40. The molecule has 0 aliphatic carbocycles. The number of rotatable bonds is 5. The Morgan fingerprint density at radius 2 is 0.692 bits per heavy atom. The van der Waals surface area contributed by atoms with E-state index in [-0.39, 0.29) is 0 Å². The molecule has 0 saturated heterocycles. The van der Waals surface area contributed by atoms with E-state index < -0.39 is 8.24 Å². The summed E-state index contributed by atoms with van der Waals surface area (Å²) in [7, 11) is -2.41. The van der Waals surface area contributed by atoms with Crippen LogP contribution in [-0.2, 0) is 0 Å². The molecule has 0 spiro atoms. The van der Waals surface area contributed by atoms with Gasteiger partial charge in [-0.05, 0) is 27.7 Å². The summed E-state index contributed by atoms with van der Waals surface area (Å²) in [6, 6.07) is 43.1. The van der Waals surface area contributed by atoms with E-state index in [0.29, 0.717) is 0 Å². The summed E-state index contributed by atoms with van der Waals surface area (Å²) < 4.78 is 0. The Morgan fingerprint density at radius 1 is 0.385 bits per heavy atom. The molecule has 4 rings (SSSR count). The largest absolute Gasteiger partial charge is 0.400 e. The maximum atomic E-state index is 3.98. The van der Waals surface area contributed by atoms with E-state index in [1.807, 2.05) is 0 Å². The highest BCUT2D eigenvalue weighted by molar-refractivity contribution is 7.13. The second-order valence-corrected chi connectivity index (χ2v) is 9.82. The Hall–Kier alpha value is -3.10. The van der Waals surface area contributed by atoms with Gasteiger partial charge in [0.15, 0.2) is 0 Å². The van der Waals surface area contributed by atoms with Crippen LogP contribution in [0.4, 0.5) is 5.69 Å². The Morgan fingerprint density at radius 3 is 1.04 bits per heavy atom. The molecule has 2 heteroatoms. The number of para-hydroxylation sites is 1. The molecule has 0 amide bonds. The minimum atomic E-state index is -2.41. The van der Waals surface area contributed by atoms with E-state index in [1.54, 1.807) is 0 Å². The third-order valence-corrected chi connectivity index (χ3v) is 8.99. The smallest absolute Gasteiger partial charge is 0.250 e. The minimum absolute atomic E-state index is 1.15. The van der Waals surface area contributed by atoms with Gasteiger partial charge in [-0.2, -0.15) is 0 Å². The third-order valence-electron chi connectivity index (χ3n) is 4.73. The fourth-order valence-corrected chi connectivity index (χ4v) is 7.63. The average molecular weight is 352 g/mol. The summed E-state index contributed by atoms with van der Waals surface area (Å²) >= 11 is 0. The third kappa shape index (κ3) is 3.07. The molecule has 1 N–H and O–H groups in total. The Bertz CT molecular complexity index is 842. The molecule has 0 saturated carbocycles. The van der Waals surface area contributed by atoms with E-state index in [1.165, 1.54) is 15.6 Å². The lowest BCUT2D eigenvalue weighted by Crippen LogP contribution is -2.72. The van der Waals surface area contributed by atoms with Gasteiger partial charge in [-0.1, -0.05) is 109 Å². The van der Waals surface area contributed by atoms with Crippen molar-refractivity contribution in [3.8, 4) is 0 Å². The number of hydrogen-bond acceptors (Lipinski definition) is 1. The van der Waals surface area contributed by atoms with E-state index in [4.69, 9.17) is 0 Å². The van der Waals surface area contributed by atoms with E-state index in [2.05, 4.69) is 126 Å². The molecule has 0 atom stereocenters. The van der Waals surface area contributed by atoms with Gasteiger partial charge in [-0.15, -0.1) is 0 Å². The van der Waals surface area contributed by atoms with Gasteiger partial charge >= 0.3 is 0 Å². The lowest BCUT2D eigenvalue weighted by atomic mass is 10.3. The molecule has 4 aromatic carbocycles. The lowest BCUT2D eigenvalue weighted by Gasteiger charge is -2.35. The molecule has 26 heavy (non-hydrogen) atoms. The van der Waals surface area contributed by atoms with Crippen molar-refractivity contribution in [2.45, 2.75) is 0 Å². The fourth-order valence-electron chi connectivity index (χ4n) is 3.52. The van der Waals surface area contributed by atoms with Crippen molar-refractivity contribution < 1.29 is 0 Å². The van der Waals surface area contributed by atoms with Gasteiger partial charge in [0.25, 0.3) is 8.24 Å². The van der Waals surface area contributed by atoms with Crippen LogP contribution in [0.25, 0.3) is 0 Å². The molecule has 0 aliphatic heterocycles. The minimum Gasteiger partial charge on any atom is -0.400 e. The van der Waals surface area contributed by atoms with Crippen molar-refractivity contribution in [1.29, 1.82) is 0 Å².